The van der Waals surface area contributed by atoms with Gasteiger partial charge in [-0.3, -0.25) is 10.00 Å². The van der Waals surface area contributed by atoms with Crippen molar-refractivity contribution in [3.05, 3.63) is 17.6 Å². The fourth-order valence-electron chi connectivity index (χ4n) is 4.31. The molecule has 114 valence electrons. The third-order valence-electron chi connectivity index (χ3n) is 5.43. The topological polar surface area (TPSA) is 63.1 Å². The molecule has 0 unspecified atom stereocenters. The number of amides is 2. The molecule has 3 heterocycles. The van der Waals surface area contributed by atoms with Crippen LogP contribution < -0.4 is 5.32 Å². The van der Waals surface area contributed by atoms with Crippen LogP contribution in [0.5, 0.6) is 0 Å². The molecule has 4 atom stereocenters. The maximum atomic E-state index is 12.5. The smallest absolute Gasteiger partial charge is 0.321 e. The molecule has 2 aromatic heterocycles. The van der Waals surface area contributed by atoms with Crippen molar-refractivity contribution in [2.75, 3.05) is 11.9 Å². The van der Waals surface area contributed by atoms with Crippen LogP contribution >= 0.6 is 11.3 Å². The van der Waals surface area contributed by atoms with Crippen molar-refractivity contribution < 1.29 is 4.79 Å². The fraction of sp³-hybridized carbons (Fsp3) is 0.533. The molecule has 2 bridgehead atoms. The predicted molar refractivity (Wildman–Crippen MR) is 83.5 cm³/mol. The number of aromatic nitrogens is 3. The summed E-state index contributed by atoms with van der Waals surface area (Å²) in [7, 11) is 1.89. The molecule has 2 aliphatic carbocycles. The zero-order valence-corrected chi connectivity index (χ0v) is 13.1. The number of thiazole rings is 1. The highest BCUT2D eigenvalue weighted by Gasteiger charge is 2.61. The lowest BCUT2D eigenvalue weighted by atomic mass is 10.1. The van der Waals surface area contributed by atoms with Crippen LogP contribution in [0, 0.1) is 17.8 Å². The Balaban J connectivity index is 1.31. The molecule has 0 spiro atoms. The van der Waals surface area contributed by atoms with E-state index in [1.165, 1.54) is 24.2 Å². The molecule has 2 saturated carbocycles. The Morgan fingerprint density at radius 1 is 1.41 bits per heavy atom. The number of piperidine rings is 1. The van der Waals surface area contributed by atoms with E-state index < -0.39 is 0 Å². The Morgan fingerprint density at radius 2 is 2.32 bits per heavy atom. The summed E-state index contributed by atoms with van der Waals surface area (Å²) in [6, 6.07) is 2.42. The number of rotatable bonds is 2. The van der Waals surface area contributed by atoms with Crippen LogP contribution in [0.2, 0.25) is 0 Å². The average Bonchev–Trinajstić information content (AvgIpc) is 2.91. The number of nitrogens with one attached hydrogen (secondary N) is 1. The lowest BCUT2D eigenvalue weighted by Gasteiger charge is -2.26. The summed E-state index contributed by atoms with van der Waals surface area (Å²) in [6.45, 7) is 0.928. The summed E-state index contributed by atoms with van der Waals surface area (Å²) in [5.41, 5.74) is 1.81. The van der Waals surface area contributed by atoms with Crippen molar-refractivity contribution in [3.8, 4) is 11.4 Å². The second-order valence-corrected chi connectivity index (χ2v) is 7.45. The van der Waals surface area contributed by atoms with Gasteiger partial charge in [0.25, 0.3) is 0 Å². The van der Waals surface area contributed by atoms with E-state index in [0.717, 1.165) is 35.7 Å². The van der Waals surface area contributed by atoms with Crippen molar-refractivity contribution in [1.29, 1.82) is 0 Å². The van der Waals surface area contributed by atoms with E-state index in [4.69, 9.17) is 0 Å². The summed E-state index contributed by atoms with van der Waals surface area (Å²) in [6.07, 6.45) is 4.29. The van der Waals surface area contributed by atoms with Crippen LogP contribution in [0.4, 0.5) is 9.93 Å². The van der Waals surface area contributed by atoms with Gasteiger partial charge in [0.15, 0.2) is 5.13 Å². The van der Waals surface area contributed by atoms with E-state index in [0.29, 0.717) is 11.2 Å². The number of urea groups is 1. The van der Waals surface area contributed by atoms with Gasteiger partial charge in [0.05, 0.1) is 5.69 Å². The highest BCUT2D eigenvalue weighted by Crippen LogP contribution is 2.61. The Hall–Kier alpha value is -1.89. The SMILES string of the molecule is Cn1nccc1-c1csc(NC(=O)N2C[C@@H]3C[C@H]2[C@H]2C[C@@H]32)n1. The molecule has 22 heavy (non-hydrogen) atoms. The van der Waals surface area contributed by atoms with Crippen LogP contribution in [0.25, 0.3) is 11.4 Å². The molecule has 2 aromatic rings. The van der Waals surface area contributed by atoms with Crippen LogP contribution in [0.3, 0.4) is 0 Å². The summed E-state index contributed by atoms with van der Waals surface area (Å²) in [5.74, 6) is 2.46. The summed E-state index contributed by atoms with van der Waals surface area (Å²) < 4.78 is 1.79. The average molecular weight is 315 g/mol. The number of nitrogens with zero attached hydrogens (tertiary/aromatic N) is 4. The van der Waals surface area contributed by atoms with Crippen LogP contribution in [-0.4, -0.2) is 38.3 Å². The molecular weight excluding hydrogens is 298 g/mol. The molecule has 2 amide bonds. The van der Waals surface area contributed by atoms with E-state index in [1.54, 1.807) is 10.9 Å². The van der Waals surface area contributed by atoms with Crippen molar-refractivity contribution in [1.82, 2.24) is 19.7 Å². The molecule has 1 N–H and O–H groups in total. The van der Waals surface area contributed by atoms with Gasteiger partial charge in [-0.15, -0.1) is 11.3 Å². The number of carbonyl (C=O) groups excluding carboxylic acids is 1. The maximum Gasteiger partial charge on any atom is 0.323 e. The van der Waals surface area contributed by atoms with E-state index >= 15 is 0 Å². The number of aryl methyl sites for hydroxylation is 1. The Bertz CT molecular complexity index is 753. The molecule has 5 rings (SSSR count). The number of fused-ring (bicyclic) bond motifs is 5. The zero-order valence-electron chi connectivity index (χ0n) is 12.3. The number of carbonyl (C=O) groups is 1. The van der Waals surface area contributed by atoms with E-state index in [1.807, 2.05) is 23.4 Å². The normalized spacial score (nSPS) is 31.4. The Kier molecular flexibility index (Phi) is 2.48. The quantitative estimate of drug-likeness (QED) is 0.925. The largest absolute Gasteiger partial charge is 0.323 e. The first kappa shape index (κ1) is 12.6. The summed E-state index contributed by atoms with van der Waals surface area (Å²) in [4.78, 5) is 19.0. The minimum absolute atomic E-state index is 0.0174. The standard InChI is InChI=1S/C15H17N5OS/c1-19-12(2-3-16-19)11-7-22-14(17-11)18-15(21)20-6-8-4-13(20)10-5-9(8)10/h2-3,7-10,13H,4-6H2,1H3,(H,17,18,21)/t8-,9-,10-,13-/m0/s1. The summed E-state index contributed by atoms with van der Waals surface area (Å²) >= 11 is 1.46. The highest BCUT2D eigenvalue weighted by atomic mass is 32.1. The Morgan fingerprint density at radius 3 is 3.05 bits per heavy atom. The highest BCUT2D eigenvalue weighted by molar-refractivity contribution is 7.14. The van der Waals surface area contributed by atoms with Crippen LogP contribution in [-0.2, 0) is 7.05 Å². The van der Waals surface area contributed by atoms with Crippen molar-refractivity contribution in [3.63, 3.8) is 0 Å². The van der Waals surface area contributed by atoms with Gasteiger partial charge in [0.2, 0.25) is 0 Å². The second-order valence-electron chi connectivity index (χ2n) is 6.59. The minimum atomic E-state index is 0.0174. The number of likely N-dealkylation sites (tertiary alicyclic amines) is 1. The minimum Gasteiger partial charge on any atom is -0.321 e. The molecule has 3 aliphatic rings. The second kappa shape index (κ2) is 4.32. The molecule has 1 saturated heterocycles. The maximum absolute atomic E-state index is 12.5. The summed E-state index contributed by atoms with van der Waals surface area (Å²) in [5, 5.41) is 9.75. The molecule has 0 radical (unpaired) electrons. The van der Waals surface area contributed by atoms with E-state index in [9.17, 15) is 4.79 Å². The zero-order chi connectivity index (χ0) is 14.8. The lowest BCUT2D eigenvalue weighted by Crippen LogP contribution is -2.41. The van der Waals surface area contributed by atoms with Crippen molar-refractivity contribution in [2.24, 2.45) is 24.8 Å². The van der Waals surface area contributed by atoms with Crippen molar-refractivity contribution in [2.45, 2.75) is 18.9 Å². The van der Waals surface area contributed by atoms with Gasteiger partial charge in [0, 0.05) is 31.2 Å². The first-order valence-electron chi connectivity index (χ1n) is 7.72. The number of hydrogen-bond donors (Lipinski definition) is 1. The van der Waals surface area contributed by atoms with Crippen LogP contribution in [0.15, 0.2) is 17.6 Å². The van der Waals surface area contributed by atoms with Gasteiger partial charge in [-0.05, 0) is 36.7 Å². The molecule has 6 nitrogen and oxygen atoms in total. The monoisotopic (exact) mass is 315 g/mol. The van der Waals surface area contributed by atoms with Crippen LogP contribution in [0.1, 0.15) is 12.8 Å². The fourth-order valence-corrected chi connectivity index (χ4v) is 5.00. The molecule has 1 aliphatic heterocycles. The molecule has 7 heteroatoms. The van der Waals surface area contributed by atoms with Gasteiger partial charge in [-0.2, -0.15) is 5.10 Å². The third-order valence-corrected chi connectivity index (χ3v) is 6.19. The van der Waals surface area contributed by atoms with Gasteiger partial charge in [-0.25, -0.2) is 9.78 Å². The van der Waals surface area contributed by atoms with E-state index in [2.05, 4.69) is 15.4 Å². The number of anilines is 1. The van der Waals surface area contributed by atoms with Gasteiger partial charge < -0.3 is 4.90 Å². The first-order valence-corrected chi connectivity index (χ1v) is 8.60. The number of hydrogen-bond acceptors (Lipinski definition) is 4. The predicted octanol–water partition coefficient (Wildman–Crippen LogP) is 2.42. The Labute approximate surface area is 132 Å². The van der Waals surface area contributed by atoms with Gasteiger partial charge >= 0.3 is 6.03 Å². The molecule has 0 aromatic carbocycles. The molecular formula is C15H17N5OS. The lowest BCUT2D eigenvalue weighted by molar-refractivity contribution is 0.190. The van der Waals surface area contributed by atoms with Crippen molar-refractivity contribution >= 4 is 22.5 Å². The van der Waals surface area contributed by atoms with Gasteiger partial charge in [0.1, 0.15) is 5.69 Å². The van der Waals surface area contributed by atoms with Gasteiger partial charge in [-0.1, -0.05) is 0 Å². The first-order chi connectivity index (χ1) is 10.7. The van der Waals surface area contributed by atoms with E-state index in [-0.39, 0.29) is 6.03 Å². The molecule has 3 fully saturated rings. The third kappa shape index (κ3) is 1.75.